The van der Waals surface area contributed by atoms with Crippen LogP contribution in [0.5, 0.6) is 5.75 Å². The maximum atomic E-state index is 12.6. The summed E-state index contributed by atoms with van der Waals surface area (Å²) in [6.45, 7) is 3.25. The molecule has 3 aromatic rings. The Balaban J connectivity index is 1.59. The van der Waals surface area contributed by atoms with Crippen molar-refractivity contribution in [1.29, 1.82) is 0 Å². The molecule has 9 nitrogen and oxygen atoms in total. The number of fused-ring (bicyclic) bond motifs is 1. The van der Waals surface area contributed by atoms with Gasteiger partial charge in [-0.3, -0.25) is 9.59 Å². The van der Waals surface area contributed by atoms with E-state index in [1.165, 1.54) is 4.57 Å². The first-order chi connectivity index (χ1) is 16.4. The number of anilines is 3. The number of nitrogens with one attached hydrogen (secondary N) is 1. The standard InChI is InChI=1S/C24H28ClN5O4/c1-4-17(31)14-34-21-12-15-11-16(5-6-20(15)29(2)23(21)32)27-22-19(25)13-26-24(28-22)30-9-7-18(33-3)8-10-30/h5-6,11-13,18H,4,7-10,14H2,1-3H3,(H,26,27,28). The lowest BCUT2D eigenvalue weighted by Crippen LogP contribution is -2.37. The fraction of sp³-hybridized carbons (Fsp3) is 0.417. The lowest BCUT2D eigenvalue weighted by Gasteiger charge is -2.31. The van der Waals surface area contributed by atoms with Crippen LogP contribution < -0.4 is 20.5 Å². The van der Waals surface area contributed by atoms with Gasteiger partial charge >= 0.3 is 0 Å². The van der Waals surface area contributed by atoms with Gasteiger partial charge < -0.3 is 24.3 Å². The Morgan fingerprint density at radius 1 is 1.26 bits per heavy atom. The highest BCUT2D eigenvalue weighted by Crippen LogP contribution is 2.28. The third kappa shape index (κ3) is 5.15. The monoisotopic (exact) mass is 485 g/mol. The first kappa shape index (κ1) is 24.0. The third-order valence-electron chi connectivity index (χ3n) is 6.03. The number of aryl methyl sites for hydroxylation is 1. The number of ketones is 1. The van der Waals surface area contributed by atoms with Crippen molar-refractivity contribution in [1.82, 2.24) is 14.5 Å². The zero-order valence-electron chi connectivity index (χ0n) is 19.5. The number of hydrogen-bond donors (Lipinski definition) is 1. The molecule has 1 fully saturated rings. The van der Waals surface area contributed by atoms with Gasteiger partial charge in [-0.1, -0.05) is 18.5 Å². The lowest BCUT2D eigenvalue weighted by atomic mass is 10.1. The number of carbonyl (C=O) groups excluding carboxylic acids is 1. The molecule has 4 rings (SSSR count). The number of ether oxygens (including phenoxy) is 2. The molecule has 0 bridgehead atoms. The number of nitrogens with zero attached hydrogens (tertiary/aromatic N) is 4. The van der Waals surface area contributed by atoms with E-state index in [2.05, 4.69) is 20.2 Å². The summed E-state index contributed by atoms with van der Waals surface area (Å²) in [5.74, 6) is 1.17. The van der Waals surface area contributed by atoms with Crippen LogP contribution in [0.3, 0.4) is 0 Å². The van der Waals surface area contributed by atoms with E-state index < -0.39 is 0 Å². The van der Waals surface area contributed by atoms with Gasteiger partial charge in [-0.05, 0) is 37.1 Å². The summed E-state index contributed by atoms with van der Waals surface area (Å²) in [5.41, 5.74) is 1.18. The van der Waals surface area contributed by atoms with E-state index in [-0.39, 0.29) is 29.8 Å². The van der Waals surface area contributed by atoms with Crippen LogP contribution in [0.15, 0.2) is 35.3 Å². The molecule has 1 aliphatic heterocycles. The smallest absolute Gasteiger partial charge is 0.293 e. The van der Waals surface area contributed by atoms with Gasteiger partial charge in [0.1, 0.15) is 11.6 Å². The summed E-state index contributed by atoms with van der Waals surface area (Å²) in [6, 6.07) is 7.22. The number of piperidine rings is 1. The minimum Gasteiger partial charge on any atom is -0.480 e. The van der Waals surface area contributed by atoms with Gasteiger partial charge in [-0.2, -0.15) is 4.98 Å². The first-order valence-electron chi connectivity index (χ1n) is 11.2. The second kappa shape index (κ2) is 10.4. The van der Waals surface area contributed by atoms with Crippen LogP contribution in [-0.2, 0) is 16.6 Å². The predicted octanol–water partition coefficient (Wildman–Crippen LogP) is 3.70. The Labute approximate surface area is 202 Å². The summed E-state index contributed by atoms with van der Waals surface area (Å²) in [7, 11) is 3.41. The molecule has 0 unspecified atom stereocenters. The highest BCUT2D eigenvalue weighted by molar-refractivity contribution is 6.32. The molecule has 0 radical (unpaired) electrons. The van der Waals surface area contributed by atoms with Gasteiger partial charge in [0.15, 0.2) is 17.4 Å². The molecule has 0 spiro atoms. The van der Waals surface area contributed by atoms with Crippen molar-refractivity contribution >= 4 is 45.7 Å². The van der Waals surface area contributed by atoms with Gasteiger partial charge in [-0.15, -0.1) is 0 Å². The van der Waals surface area contributed by atoms with Crippen LogP contribution in [0, 0.1) is 0 Å². The number of methoxy groups -OCH3 is 1. The molecule has 0 saturated carbocycles. The average Bonchev–Trinajstić information content (AvgIpc) is 2.86. The number of rotatable bonds is 8. The molecule has 0 atom stereocenters. The summed E-state index contributed by atoms with van der Waals surface area (Å²) >= 11 is 6.38. The average molecular weight is 486 g/mol. The van der Waals surface area contributed by atoms with Gasteiger partial charge in [0.05, 0.1) is 17.8 Å². The molecule has 0 aliphatic carbocycles. The van der Waals surface area contributed by atoms with E-state index in [4.69, 9.17) is 21.1 Å². The van der Waals surface area contributed by atoms with Gasteiger partial charge in [0.25, 0.3) is 5.56 Å². The first-order valence-corrected chi connectivity index (χ1v) is 11.6. The minimum absolute atomic E-state index is 0.0711. The topological polar surface area (TPSA) is 98.6 Å². The molecule has 3 heterocycles. The number of pyridine rings is 1. The Hall–Kier alpha value is -3.17. The Morgan fingerprint density at radius 2 is 2.03 bits per heavy atom. The van der Waals surface area contributed by atoms with Crippen molar-refractivity contribution in [2.24, 2.45) is 7.05 Å². The van der Waals surface area contributed by atoms with Crippen LogP contribution in [-0.4, -0.2) is 53.2 Å². The SMILES string of the molecule is CCC(=O)COc1cc2cc(Nc3nc(N4CCC(OC)CC4)ncc3Cl)ccc2n(C)c1=O. The lowest BCUT2D eigenvalue weighted by molar-refractivity contribution is -0.120. The molecule has 0 amide bonds. The quantitative estimate of drug-likeness (QED) is 0.515. The molecule has 180 valence electrons. The number of halogens is 1. The van der Waals surface area contributed by atoms with Crippen molar-refractivity contribution < 1.29 is 14.3 Å². The number of carbonyl (C=O) groups is 1. The maximum absolute atomic E-state index is 12.6. The van der Waals surface area contributed by atoms with Crippen LogP contribution >= 0.6 is 11.6 Å². The zero-order valence-corrected chi connectivity index (χ0v) is 20.3. The highest BCUT2D eigenvalue weighted by Gasteiger charge is 2.21. The van der Waals surface area contributed by atoms with Crippen LogP contribution in [0.2, 0.25) is 5.02 Å². The molecule has 34 heavy (non-hydrogen) atoms. The molecular formula is C24H28ClN5O4. The Kier molecular flexibility index (Phi) is 7.33. The minimum atomic E-state index is -0.294. The van der Waals surface area contributed by atoms with Crippen molar-refractivity contribution in [2.75, 3.05) is 37.0 Å². The summed E-state index contributed by atoms with van der Waals surface area (Å²) in [6.07, 6.45) is 4.05. The molecule has 10 heteroatoms. The normalized spacial score (nSPS) is 14.4. The maximum Gasteiger partial charge on any atom is 0.293 e. The van der Waals surface area contributed by atoms with Crippen molar-refractivity contribution in [3.05, 3.63) is 45.8 Å². The summed E-state index contributed by atoms with van der Waals surface area (Å²) in [4.78, 5) is 35.4. The van der Waals surface area contributed by atoms with Crippen LogP contribution in [0.1, 0.15) is 26.2 Å². The molecule has 1 aromatic carbocycles. The van der Waals surface area contributed by atoms with Gasteiger partial charge in [0.2, 0.25) is 5.95 Å². The number of Topliss-reactive ketones (excluding diaryl/α,β-unsaturated/α-hetero) is 1. The van der Waals surface area contributed by atoms with E-state index in [1.807, 2.05) is 18.2 Å². The fourth-order valence-corrected chi connectivity index (χ4v) is 4.06. The molecular weight excluding hydrogens is 458 g/mol. The Bertz CT molecular complexity index is 1250. The van der Waals surface area contributed by atoms with E-state index >= 15 is 0 Å². The molecule has 1 aliphatic rings. The highest BCUT2D eigenvalue weighted by atomic mass is 35.5. The van der Waals surface area contributed by atoms with E-state index in [1.54, 1.807) is 33.3 Å². The predicted molar refractivity (Wildman–Crippen MR) is 133 cm³/mol. The van der Waals surface area contributed by atoms with Gasteiger partial charge in [0, 0.05) is 44.7 Å². The van der Waals surface area contributed by atoms with Crippen molar-refractivity contribution in [2.45, 2.75) is 32.3 Å². The third-order valence-corrected chi connectivity index (χ3v) is 6.30. The molecule has 2 aromatic heterocycles. The number of aromatic nitrogens is 3. The van der Waals surface area contributed by atoms with Crippen LogP contribution in [0.4, 0.5) is 17.5 Å². The van der Waals surface area contributed by atoms with E-state index in [0.717, 1.165) is 42.5 Å². The summed E-state index contributed by atoms with van der Waals surface area (Å²) < 4.78 is 12.4. The molecule has 1 saturated heterocycles. The second-order valence-corrected chi connectivity index (χ2v) is 8.65. The largest absolute Gasteiger partial charge is 0.480 e. The number of hydrogen-bond acceptors (Lipinski definition) is 8. The van der Waals surface area contributed by atoms with Crippen molar-refractivity contribution in [3.63, 3.8) is 0 Å². The van der Waals surface area contributed by atoms with Crippen molar-refractivity contribution in [3.8, 4) is 5.75 Å². The second-order valence-electron chi connectivity index (χ2n) is 8.24. The van der Waals surface area contributed by atoms with E-state index in [0.29, 0.717) is 23.2 Å². The fourth-order valence-electron chi connectivity index (χ4n) is 3.92. The van der Waals surface area contributed by atoms with Gasteiger partial charge in [-0.25, -0.2) is 4.98 Å². The van der Waals surface area contributed by atoms with E-state index in [9.17, 15) is 9.59 Å². The van der Waals surface area contributed by atoms with Crippen LogP contribution in [0.25, 0.3) is 10.9 Å². The zero-order chi connectivity index (χ0) is 24.2. The Morgan fingerprint density at radius 3 is 2.74 bits per heavy atom. The molecule has 1 N–H and O–H groups in total. The number of benzene rings is 1. The summed E-state index contributed by atoms with van der Waals surface area (Å²) in [5, 5.41) is 4.44.